The largest absolute Gasteiger partial charge is 0.350 e. The molecule has 4 atom stereocenters. The van der Waals surface area contributed by atoms with Crippen molar-refractivity contribution in [1.82, 2.24) is 16.1 Å². The van der Waals surface area contributed by atoms with E-state index in [1.807, 2.05) is 0 Å². The van der Waals surface area contributed by atoms with E-state index in [1.165, 1.54) is 0 Å². The molecule has 0 radical (unpaired) electrons. The van der Waals surface area contributed by atoms with Crippen LogP contribution >= 0.6 is 0 Å². The van der Waals surface area contributed by atoms with Gasteiger partial charge in [-0.05, 0) is 25.7 Å². The normalized spacial score (nSPS) is 39.6. The van der Waals surface area contributed by atoms with E-state index in [2.05, 4.69) is 16.1 Å². The fraction of sp³-hybridized carbons (Fsp3) is 0.917. The van der Waals surface area contributed by atoms with Crippen molar-refractivity contribution in [3.05, 3.63) is 0 Å². The summed E-state index contributed by atoms with van der Waals surface area (Å²) in [5, 5.41) is 6.72. The van der Waals surface area contributed by atoms with Crippen molar-refractivity contribution in [3.63, 3.8) is 0 Å². The van der Waals surface area contributed by atoms with Crippen LogP contribution in [0.5, 0.6) is 0 Å². The summed E-state index contributed by atoms with van der Waals surface area (Å²) < 4.78 is 5.40. The Hall–Kier alpha value is -0.690. The molecule has 102 valence electrons. The zero-order chi connectivity index (χ0) is 12.4. The lowest BCUT2D eigenvalue weighted by molar-refractivity contribution is -0.201. The second kappa shape index (κ2) is 5.52. The lowest BCUT2D eigenvalue weighted by Crippen LogP contribution is -2.61. The lowest BCUT2D eigenvalue weighted by Gasteiger charge is -2.31. The van der Waals surface area contributed by atoms with Crippen LogP contribution in [0, 0.1) is 0 Å². The predicted molar refractivity (Wildman–Crippen MR) is 64.6 cm³/mol. The Morgan fingerprint density at radius 2 is 2.22 bits per heavy atom. The minimum Gasteiger partial charge on any atom is -0.350 e. The molecule has 18 heavy (non-hydrogen) atoms. The molecule has 0 saturated carbocycles. The molecule has 3 saturated heterocycles. The van der Waals surface area contributed by atoms with Crippen LogP contribution < -0.4 is 16.1 Å². The number of rotatable bonds is 3. The van der Waals surface area contributed by atoms with Crippen LogP contribution in [-0.4, -0.2) is 43.5 Å². The van der Waals surface area contributed by atoms with Crippen LogP contribution in [0.2, 0.25) is 0 Å². The Bertz CT molecular complexity index is 307. The highest BCUT2D eigenvalue weighted by Gasteiger charge is 2.38. The van der Waals surface area contributed by atoms with Crippen molar-refractivity contribution in [3.8, 4) is 0 Å². The van der Waals surface area contributed by atoms with Crippen LogP contribution in [0.3, 0.4) is 0 Å². The Kier molecular flexibility index (Phi) is 3.79. The number of piperazine rings is 1. The Labute approximate surface area is 107 Å². The highest BCUT2D eigenvalue weighted by atomic mass is 16.8. The summed E-state index contributed by atoms with van der Waals surface area (Å²) in [6, 6.07) is 0.577. The topological polar surface area (TPSA) is 71.6 Å². The number of nitrogens with one attached hydrogen (secondary N) is 3. The van der Waals surface area contributed by atoms with Crippen molar-refractivity contribution in [2.24, 2.45) is 0 Å². The van der Waals surface area contributed by atoms with Gasteiger partial charge in [-0.15, -0.1) is 0 Å². The molecule has 3 aliphatic rings. The van der Waals surface area contributed by atoms with Crippen LogP contribution in [0.4, 0.5) is 0 Å². The van der Waals surface area contributed by atoms with E-state index in [0.717, 1.165) is 38.6 Å². The second-order valence-corrected chi connectivity index (χ2v) is 5.31. The molecule has 3 fully saturated rings. The SMILES string of the molecule is O=C(NOC1CCCCO1)C1NCC2CCC1N2. The number of hydrogen-bond acceptors (Lipinski definition) is 5. The van der Waals surface area contributed by atoms with Gasteiger partial charge in [0.15, 0.2) is 6.29 Å². The zero-order valence-corrected chi connectivity index (χ0v) is 10.5. The number of ether oxygens (including phenoxy) is 1. The molecule has 4 unspecified atom stereocenters. The van der Waals surface area contributed by atoms with Crippen LogP contribution in [0.1, 0.15) is 32.1 Å². The van der Waals surface area contributed by atoms with E-state index in [1.54, 1.807) is 0 Å². The molecular weight excluding hydrogens is 234 g/mol. The zero-order valence-electron chi connectivity index (χ0n) is 10.5. The number of amides is 1. The third-order valence-electron chi connectivity index (χ3n) is 3.97. The summed E-state index contributed by atoms with van der Waals surface area (Å²) in [6.45, 7) is 1.57. The van der Waals surface area contributed by atoms with Crippen molar-refractivity contribution in [1.29, 1.82) is 0 Å². The van der Waals surface area contributed by atoms with Gasteiger partial charge in [0.05, 0.1) is 0 Å². The number of carbonyl (C=O) groups is 1. The van der Waals surface area contributed by atoms with Crippen molar-refractivity contribution >= 4 is 5.91 Å². The molecule has 3 rings (SSSR count). The number of fused-ring (bicyclic) bond motifs is 2. The van der Waals surface area contributed by atoms with Gasteiger partial charge >= 0.3 is 0 Å². The van der Waals surface area contributed by atoms with E-state index in [9.17, 15) is 4.79 Å². The first-order valence-electron chi connectivity index (χ1n) is 6.89. The van der Waals surface area contributed by atoms with Gasteiger partial charge in [0.1, 0.15) is 6.04 Å². The third kappa shape index (κ3) is 2.66. The minimum atomic E-state index is -0.282. The van der Waals surface area contributed by atoms with Gasteiger partial charge in [0, 0.05) is 31.7 Å². The smallest absolute Gasteiger partial charge is 0.262 e. The third-order valence-corrected chi connectivity index (χ3v) is 3.97. The molecule has 3 N–H and O–H groups in total. The maximum absolute atomic E-state index is 12.0. The van der Waals surface area contributed by atoms with E-state index < -0.39 is 0 Å². The molecule has 3 aliphatic heterocycles. The highest BCUT2D eigenvalue weighted by Crippen LogP contribution is 2.19. The lowest BCUT2D eigenvalue weighted by atomic mass is 10.1. The van der Waals surface area contributed by atoms with Crippen molar-refractivity contribution < 1.29 is 14.4 Å². The molecule has 1 amide bonds. The number of hydrogen-bond donors (Lipinski definition) is 3. The summed E-state index contributed by atoms with van der Waals surface area (Å²) in [5.74, 6) is -0.0953. The summed E-state index contributed by atoms with van der Waals surface area (Å²) in [4.78, 5) is 17.3. The molecule has 0 aromatic heterocycles. The van der Waals surface area contributed by atoms with Gasteiger partial charge in [-0.2, -0.15) is 0 Å². The standard InChI is InChI=1S/C12H21N3O3/c16-12(15-18-10-3-1-2-6-17-10)11-9-5-4-8(14-9)7-13-11/h8-11,13-14H,1-7H2,(H,15,16). The van der Waals surface area contributed by atoms with Gasteiger partial charge in [-0.25, -0.2) is 10.3 Å². The fourth-order valence-corrected chi connectivity index (χ4v) is 2.95. The maximum Gasteiger partial charge on any atom is 0.262 e. The van der Waals surface area contributed by atoms with E-state index in [-0.39, 0.29) is 24.3 Å². The Morgan fingerprint density at radius 1 is 1.28 bits per heavy atom. The van der Waals surface area contributed by atoms with Gasteiger partial charge < -0.3 is 15.4 Å². The summed E-state index contributed by atoms with van der Waals surface area (Å²) >= 11 is 0. The average Bonchev–Trinajstić information content (AvgIpc) is 2.79. The average molecular weight is 255 g/mol. The summed E-state index contributed by atoms with van der Waals surface area (Å²) in [6.07, 6.45) is 4.93. The second-order valence-electron chi connectivity index (χ2n) is 5.31. The Morgan fingerprint density at radius 3 is 3.06 bits per heavy atom. The molecule has 6 heteroatoms. The molecule has 6 nitrogen and oxygen atoms in total. The van der Waals surface area contributed by atoms with Crippen molar-refractivity contribution in [2.75, 3.05) is 13.2 Å². The summed E-state index contributed by atoms with van der Waals surface area (Å²) in [7, 11) is 0. The monoisotopic (exact) mass is 255 g/mol. The molecular formula is C12H21N3O3. The van der Waals surface area contributed by atoms with Gasteiger partial charge in [-0.1, -0.05) is 0 Å². The fourth-order valence-electron chi connectivity index (χ4n) is 2.95. The van der Waals surface area contributed by atoms with E-state index in [4.69, 9.17) is 9.57 Å². The molecule has 2 bridgehead atoms. The van der Waals surface area contributed by atoms with Gasteiger partial charge in [0.25, 0.3) is 5.91 Å². The first-order valence-corrected chi connectivity index (χ1v) is 6.89. The molecule has 3 heterocycles. The van der Waals surface area contributed by atoms with Crippen molar-refractivity contribution in [2.45, 2.75) is 56.5 Å². The molecule has 0 aromatic rings. The first-order chi connectivity index (χ1) is 8.83. The minimum absolute atomic E-state index is 0.0953. The number of carbonyl (C=O) groups excluding carboxylic acids is 1. The molecule has 0 aliphatic carbocycles. The van der Waals surface area contributed by atoms with E-state index >= 15 is 0 Å². The quantitative estimate of drug-likeness (QED) is 0.601. The first kappa shape index (κ1) is 12.3. The van der Waals surface area contributed by atoms with Gasteiger partial charge in [-0.3, -0.25) is 4.79 Å². The maximum atomic E-state index is 12.0. The number of hydroxylamine groups is 1. The predicted octanol–water partition coefficient (Wildman–Crippen LogP) is -0.347. The van der Waals surface area contributed by atoms with Crippen LogP contribution in [0.15, 0.2) is 0 Å². The van der Waals surface area contributed by atoms with Crippen LogP contribution in [0.25, 0.3) is 0 Å². The highest BCUT2D eigenvalue weighted by molar-refractivity contribution is 5.82. The summed E-state index contributed by atoms with van der Waals surface area (Å²) in [5.41, 5.74) is 2.54. The molecule has 0 spiro atoms. The molecule has 0 aromatic carbocycles. The van der Waals surface area contributed by atoms with Gasteiger partial charge in [0.2, 0.25) is 0 Å². The Balaban J connectivity index is 1.45. The van der Waals surface area contributed by atoms with Crippen LogP contribution in [-0.2, 0) is 14.4 Å². The van der Waals surface area contributed by atoms with E-state index in [0.29, 0.717) is 12.6 Å².